The van der Waals surface area contributed by atoms with E-state index in [0.29, 0.717) is 6.61 Å². The van der Waals surface area contributed by atoms with E-state index >= 15 is 0 Å². The van der Waals surface area contributed by atoms with Crippen LogP contribution < -0.4 is 0 Å². The highest BCUT2D eigenvalue weighted by Gasteiger charge is 2.38. The maximum absolute atomic E-state index is 6.40. The Labute approximate surface area is 139 Å². The molecular weight excluding hydrogens is 314 g/mol. The zero-order chi connectivity index (χ0) is 16.8. The van der Waals surface area contributed by atoms with E-state index in [1.54, 1.807) is 6.20 Å². The Kier molecular flexibility index (Phi) is 4.45. The molecule has 0 atom stereocenters. The Morgan fingerprint density at radius 1 is 1.23 bits per heavy atom. The zero-order valence-corrected chi connectivity index (χ0v) is 16.3. The molecule has 0 fully saturated rings. The van der Waals surface area contributed by atoms with E-state index in [1.807, 2.05) is 12.3 Å². The molecule has 0 amide bonds. The average molecular weight is 340 g/mol. The van der Waals surface area contributed by atoms with Gasteiger partial charge in [-0.05, 0) is 49.6 Å². The molecule has 0 aliphatic heterocycles. The van der Waals surface area contributed by atoms with E-state index < -0.39 is 8.32 Å². The first-order valence-corrected chi connectivity index (χ1v) is 10.9. The number of fused-ring (bicyclic) bond motifs is 1. The van der Waals surface area contributed by atoms with Crippen molar-refractivity contribution in [1.29, 1.82) is 0 Å². The maximum Gasteiger partial charge on any atom is 0.224 e. The van der Waals surface area contributed by atoms with E-state index in [4.69, 9.17) is 16.0 Å². The summed E-state index contributed by atoms with van der Waals surface area (Å²) in [5.41, 5.74) is 0.651. The lowest BCUT2D eigenvalue weighted by Gasteiger charge is -2.39. The van der Waals surface area contributed by atoms with Crippen molar-refractivity contribution in [2.24, 2.45) is 0 Å². The van der Waals surface area contributed by atoms with Crippen molar-refractivity contribution in [3.63, 3.8) is 0 Å². The molecule has 0 unspecified atom stereocenters. The fourth-order valence-electron chi connectivity index (χ4n) is 2.03. The van der Waals surface area contributed by atoms with Crippen LogP contribution in [0.4, 0.5) is 0 Å². The van der Waals surface area contributed by atoms with E-state index in [1.165, 1.54) is 0 Å². The molecule has 0 saturated heterocycles. The van der Waals surface area contributed by atoms with Gasteiger partial charge in [-0.2, -0.15) is 4.98 Å². The minimum atomic E-state index is -1.78. The van der Waals surface area contributed by atoms with Crippen LogP contribution in [0.15, 0.2) is 18.5 Å². The van der Waals surface area contributed by atoms with Crippen LogP contribution in [0, 0.1) is 0 Å². The van der Waals surface area contributed by atoms with Crippen molar-refractivity contribution in [2.75, 3.05) is 6.61 Å². The molecule has 2 rings (SSSR count). The molecule has 2 aromatic rings. The molecule has 22 heavy (non-hydrogen) atoms. The zero-order valence-electron chi connectivity index (χ0n) is 14.6. The smallest absolute Gasteiger partial charge is 0.224 e. The van der Waals surface area contributed by atoms with Gasteiger partial charge in [0.1, 0.15) is 5.65 Å². The van der Waals surface area contributed by atoms with Gasteiger partial charge in [0.2, 0.25) is 5.28 Å². The minimum Gasteiger partial charge on any atom is -0.414 e. The van der Waals surface area contributed by atoms with Gasteiger partial charge in [-0.15, -0.1) is 0 Å². The molecule has 0 bridgehead atoms. The van der Waals surface area contributed by atoms with Gasteiger partial charge in [0.25, 0.3) is 0 Å². The first-order chi connectivity index (χ1) is 9.94. The lowest BCUT2D eigenvalue weighted by Crippen LogP contribution is -2.45. The predicted octanol–water partition coefficient (Wildman–Crippen LogP) is 4.84. The number of aromatic nitrogens is 3. The standard InChI is InChI=1S/C16H26ClN3OSi/c1-15(2,3)22(6,7)21-11-16(4,5)20-9-8-12-10-18-14(17)19-13(12)20/h8-10H,11H2,1-7H3. The molecule has 122 valence electrons. The van der Waals surface area contributed by atoms with Crippen molar-refractivity contribution >= 4 is 31.0 Å². The largest absolute Gasteiger partial charge is 0.414 e. The lowest BCUT2D eigenvalue weighted by molar-refractivity contribution is 0.172. The van der Waals surface area contributed by atoms with Crippen molar-refractivity contribution < 1.29 is 4.43 Å². The number of hydrogen-bond acceptors (Lipinski definition) is 3. The number of nitrogens with zero attached hydrogens (tertiary/aromatic N) is 3. The highest BCUT2D eigenvalue weighted by atomic mass is 35.5. The summed E-state index contributed by atoms with van der Waals surface area (Å²) >= 11 is 5.95. The van der Waals surface area contributed by atoms with Crippen LogP contribution in [0.25, 0.3) is 11.0 Å². The van der Waals surface area contributed by atoms with Gasteiger partial charge in [-0.3, -0.25) is 0 Å². The summed E-state index contributed by atoms with van der Waals surface area (Å²) in [5, 5.41) is 1.46. The highest BCUT2D eigenvalue weighted by Crippen LogP contribution is 2.37. The highest BCUT2D eigenvalue weighted by molar-refractivity contribution is 6.74. The van der Waals surface area contributed by atoms with E-state index in [2.05, 4.69) is 62.2 Å². The third kappa shape index (κ3) is 3.36. The van der Waals surface area contributed by atoms with Crippen LogP contribution in [-0.4, -0.2) is 29.5 Å². The summed E-state index contributed by atoms with van der Waals surface area (Å²) in [6.45, 7) is 16.3. The second kappa shape index (κ2) is 5.62. The second-order valence-corrected chi connectivity index (χ2v) is 13.1. The van der Waals surface area contributed by atoms with Gasteiger partial charge in [-0.25, -0.2) is 4.98 Å². The topological polar surface area (TPSA) is 39.9 Å². The number of rotatable bonds is 4. The quantitative estimate of drug-likeness (QED) is 0.591. The third-order valence-corrected chi connectivity index (χ3v) is 9.30. The summed E-state index contributed by atoms with van der Waals surface area (Å²) < 4.78 is 8.53. The van der Waals surface area contributed by atoms with Gasteiger partial charge in [0.15, 0.2) is 8.32 Å². The first kappa shape index (κ1) is 17.4. The molecule has 0 aliphatic carbocycles. The first-order valence-electron chi connectivity index (χ1n) is 7.58. The summed E-state index contributed by atoms with van der Waals surface area (Å²) in [6, 6.07) is 2.01. The molecule has 0 N–H and O–H groups in total. The molecule has 0 spiro atoms. The fourth-order valence-corrected chi connectivity index (χ4v) is 3.30. The van der Waals surface area contributed by atoms with Crippen molar-refractivity contribution in [2.45, 2.75) is 58.3 Å². The van der Waals surface area contributed by atoms with Crippen LogP contribution in [0.5, 0.6) is 0 Å². The Morgan fingerprint density at radius 3 is 2.45 bits per heavy atom. The molecule has 2 aromatic heterocycles. The number of hydrogen-bond donors (Lipinski definition) is 0. The van der Waals surface area contributed by atoms with Gasteiger partial charge in [-0.1, -0.05) is 20.8 Å². The second-order valence-electron chi connectivity index (χ2n) is 7.97. The molecule has 2 heterocycles. The van der Waals surface area contributed by atoms with Gasteiger partial charge in [0, 0.05) is 17.8 Å². The summed E-state index contributed by atoms with van der Waals surface area (Å²) in [7, 11) is -1.78. The normalized spacial score (nSPS) is 13.8. The molecular formula is C16H26ClN3OSi. The minimum absolute atomic E-state index is 0.199. The van der Waals surface area contributed by atoms with Gasteiger partial charge < -0.3 is 8.99 Å². The van der Waals surface area contributed by atoms with Crippen LogP contribution in [-0.2, 0) is 9.96 Å². The Morgan fingerprint density at radius 2 is 1.86 bits per heavy atom. The Balaban J connectivity index is 2.28. The SMILES string of the molecule is CC(C)(CO[Si](C)(C)C(C)(C)C)n1ccc2cnc(Cl)nc21. The van der Waals surface area contributed by atoms with E-state index in [0.717, 1.165) is 11.0 Å². The molecule has 0 saturated carbocycles. The lowest BCUT2D eigenvalue weighted by atomic mass is 10.1. The van der Waals surface area contributed by atoms with Crippen LogP contribution in [0.2, 0.25) is 23.4 Å². The number of halogens is 1. The summed E-state index contributed by atoms with van der Waals surface area (Å²) in [5.74, 6) is 0. The van der Waals surface area contributed by atoms with Crippen LogP contribution in [0.3, 0.4) is 0 Å². The third-order valence-electron chi connectivity index (χ3n) is 4.64. The monoisotopic (exact) mass is 339 g/mol. The van der Waals surface area contributed by atoms with Crippen molar-refractivity contribution in [1.82, 2.24) is 14.5 Å². The predicted molar refractivity (Wildman–Crippen MR) is 95.0 cm³/mol. The van der Waals surface area contributed by atoms with Gasteiger partial charge >= 0.3 is 0 Å². The van der Waals surface area contributed by atoms with Crippen molar-refractivity contribution in [3.05, 3.63) is 23.7 Å². The Hall–Kier alpha value is -0.913. The van der Waals surface area contributed by atoms with E-state index in [-0.39, 0.29) is 15.9 Å². The van der Waals surface area contributed by atoms with Crippen LogP contribution in [0.1, 0.15) is 34.6 Å². The summed E-state index contributed by atoms with van der Waals surface area (Å²) in [4.78, 5) is 8.40. The van der Waals surface area contributed by atoms with Crippen LogP contribution >= 0.6 is 11.6 Å². The molecule has 6 heteroatoms. The van der Waals surface area contributed by atoms with E-state index in [9.17, 15) is 0 Å². The maximum atomic E-state index is 6.40. The fraction of sp³-hybridized carbons (Fsp3) is 0.625. The average Bonchev–Trinajstić information content (AvgIpc) is 2.79. The van der Waals surface area contributed by atoms with Crippen molar-refractivity contribution in [3.8, 4) is 0 Å². The molecule has 0 aromatic carbocycles. The molecule has 0 radical (unpaired) electrons. The Bertz CT molecular complexity index is 674. The molecule has 0 aliphatic rings. The van der Waals surface area contributed by atoms with Gasteiger partial charge in [0.05, 0.1) is 12.1 Å². The summed E-state index contributed by atoms with van der Waals surface area (Å²) in [6.07, 6.45) is 3.79. The molecule has 4 nitrogen and oxygen atoms in total.